The topological polar surface area (TPSA) is 40.3 Å². The zero-order valence-corrected chi connectivity index (χ0v) is 9.97. The first-order chi connectivity index (χ1) is 8.14. The van der Waals surface area contributed by atoms with Crippen LogP contribution in [0.3, 0.4) is 0 Å². The number of piperidine rings is 1. The maximum Gasteiger partial charge on any atom is 0.150 e. The Balaban J connectivity index is 1.77. The summed E-state index contributed by atoms with van der Waals surface area (Å²) in [6, 6.07) is 8.22. The molecule has 3 rings (SSSR count). The molecule has 2 aliphatic rings. The Hall–Kier alpha value is -1.19. The van der Waals surface area contributed by atoms with E-state index in [4.69, 9.17) is 0 Å². The zero-order valence-electron chi connectivity index (χ0n) is 9.97. The molecule has 1 aromatic carbocycles. The molecule has 0 spiro atoms. The monoisotopic (exact) mass is 231 g/mol. The Morgan fingerprint density at radius 3 is 2.65 bits per heavy atom. The lowest BCUT2D eigenvalue weighted by atomic mass is 9.91. The molecule has 1 aromatic rings. The predicted octanol–water partition coefficient (Wildman–Crippen LogP) is 1.77. The minimum Gasteiger partial charge on any atom is -0.374 e. The Morgan fingerprint density at radius 1 is 1.47 bits per heavy atom. The van der Waals surface area contributed by atoms with Crippen LogP contribution in [-0.2, 0) is 0 Å². The third kappa shape index (κ3) is 1.70. The van der Waals surface area contributed by atoms with Crippen LogP contribution < -0.4 is 0 Å². The molecular weight excluding hydrogens is 214 g/mol. The number of benzene rings is 1. The lowest BCUT2D eigenvalue weighted by molar-refractivity contribution is 0.103. The van der Waals surface area contributed by atoms with Crippen LogP contribution in [0.2, 0.25) is 0 Å². The molecule has 0 amide bonds. The summed E-state index contributed by atoms with van der Waals surface area (Å²) in [5.74, 6) is 0.409. The fraction of sp³-hybridized carbons (Fsp3) is 0.500. The number of carbonyl (C=O) groups is 1. The molecule has 2 heterocycles. The van der Waals surface area contributed by atoms with Gasteiger partial charge in [0.2, 0.25) is 0 Å². The first-order valence-electron chi connectivity index (χ1n) is 6.18. The molecule has 90 valence electrons. The van der Waals surface area contributed by atoms with E-state index in [-0.39, 0.29) is 0 Å². The highest BCUT2D eigenvalue weighted by molar-refractivity contribution is 5.74. The normalized spacial score (nSPS) is 36.4. The van der Waals surface area contributed by atoms with Gasteiger partial charge in [-0.05, 0) is 24.3 Å². The zero-order chi connectivity index (χ0) is 12.0. The summed E-state index contributed by atoms with van der Waals surface area (Å²) in [5.41, 5.74) is 1.48. The summed E-state index contributed by atoms with van der Waals surface area (Å²) in [7, 11) is 0. The van der Waals surface area contributed by atoms with E-state index in [9.17, 15) is 9.90 Å². The molecule has 2 aliphatic heterocycles. The first-order valence-corrected chi connectivity index (χ1v) is 6.18. The number of fused-ring (bicyclic) bond motifs is 1. The maximum atomic E-state index is 10.6. The smallest absolute Gasteiger partial charge is 0.150 e. The van der Waals surface area contributed by atoms with E-state index in [1.54, 1.807) is 0 Å². The summed E-state index contributed by atoms with van der Waals surface area (Å²) < 4.78 is 0. The Kier molecular flexibility index (Phi) is 2.35. The minimum atomic E-state index is -0.484. The van der Waals surface area contributed by atoms with E-state index in [1.165, 1.54) is 5.56 Å². The number of aldehydes is 1. The number of nitrogens with zero attached hydrogens (tertiary/aromatic N) is 1. The average molecular weight is 231 g/mol. The molecule has 2 fully saturated rings. The van der Waals surface area contributed by atoms with Gasteiger partial charge in [0.1, 0.15) is 12.0 Å². The standard InChI is InChI=1S/C14H17NO2/c1-10(12-4-2-11(8-16)3-5-12)13-6-7-14(17)9-15(13)14/h2-5,8,10,13,17H,6-7,9H2,1H3/t10-,13-,14+,15?/m1/s1. The van der Waals surface area contributed by atoms with E-state index >= 15 is 0 Å². The highest BCUT2D eigenvalue weighted by Gasteiger charge is 2.59. The van der Waals surface area contributed by atoms with Gasteiger partial charge in [-0.1, -0.05) is 31.2 Å². The number of rotatable bonds is 3. The molecule has 1 unspecified atom stereocenters. The van der Waals surface area contributed by atoms with Gasteiger partial charge in [-0.2, -0.15) is 0 Å². The van der Waals surface area contributed by atoms with Gasteiger partial charge in [-0.3, -0.25) is 9.69 Å². The van der Waals surface area contributed by atoms with Crippen LogP contribution in [0.4, 0.5) is 0 Å². The van der Waals surface area contributed by atoms with Gasteiger partial charge in [-0.15, -0.1) is 0 Å². The highest BCUT2D eigenvalue weighted by atomic mass is 16.3. The van der Waals surface area contributed by atoms with E-state index < -0.39 is 5.72 Å². The van der Waals surface area contributed by atoms with E-state index in [2.05, 4.69) is 11.8 Å². The highest BCUT2D eigenvalue weighted by Crippen LogP contribution is 2.48. The van der Waals surface area contributed by atoms with Crippen molar-refractivity contribution in [2.45, 2.75) is 37.5 Å². The Labute approximate surface area is 101 Å². The largest absolute Gasteiger partial charge is 0.374 e. The third-order valence-corrected chi connectivity index (χ3v) is 4.27. The van der Waals surface area contributed by atoms with E-state index in [0.717, 1.165) is 31.2 Å². The molecule has 0 bridgehead atoms. The second kappa shape index (κ2) is 3.65. The molecule has 3 heteroatoms. The van der Waals surface area contributed by atoms with Crippen molar-refractivity contribution >= 4 is 6.29 Å². The molecule has 2 saturated heterocycles. The molecule has 0 saturated carbocycles. The van der Waals surface area contributed by atoms with Crippen LogP contribution in [0.25, 0.3) is 0 Å². The maximum absolute atomic E-state index is 10.6. The lowest BCUT2D eigenvalue weighted by Crippen LogP contribution is -2.23. The number of carbonyl (C=O) groups excluding carboxylic acids is 1. The van der Waals surface area contributed by atoms with Crippen molar-refractivity contribution in [3.63, 3.8) is 0 Å². The fourth-order valence-corrected chi connectivity index (χ4v) is 3.04. The molecule has 17 heavy (non-hydrogen) atoms. The second-order valence-electron chi connectivity index (χ2n) is 5.29. The Morgan fingerprint density at radius 2 is 2.18 bits per heavy atom. The van der Waals surface area contributed by atoms with Gasteiger partial charge in [0.25, 0.3) is 0 Å². The summed E-state index contributed by atoms with van der Waals surface area (Å²) in [5, 5.41) is 10.00. The molecule has 0 radical (unpaired) electrons. The van der Waals surface area contributed by atoms with Gasteiger partial charge in [-0.25, -0.2) is 0 Å². The van der Waals surface area contributed by atoms with Crippen molar-refractivity contribution in [3.8, 4) is 0 Å². The summed E-state index contributed by atoms with van der Waals surface area (Å²) in [4.78, 5) is 12.8. The number of aliphatic hydroxyl groups is 1. The van der Waals surface area contributed by atoms with Crippen molar-refractivity contribution in [3.05, 3.63) is 35.4 Å². The van der Waals surface area contributed by atoms with Crippen molar-refractivity contribution < 1.29 is 9.90 Å². The fourth-order valence-electron chi connectivity index (χ4n) is 3.04. The summed E-state index contributed by atoms with van der Waals surface area (Å²) >= 11 is 0. The quantitative estimate of drug-likeness (QED) is 0.636. The molecule has 1 N–H and O–H groups in total. The number of hydrogen-bond acceptors (Lipinski definition) is 3. The van der Waals surface area contributed by atoms with E-state index in [1.807, 2.05) is 24.3 Å². The molecule has 0 aliphatic carbocycles. The molecule has 0 aromatic heterocycles. The van der Waals surface area contributed by atoms with Crippen LogP contribution >= 0.6 is 0 Å². The van der Waals surface area contributed by atoms with Crippen LogP contribution in [0, 0.1) is 0 Å². The molecular formula is C14H17NO2. The third-order valence-electron chi connectivity index (χ3n) is 4.27. The van der Waals surface area contributed by atoms with Gasteiger partial charge < -0.3 is 5.11 Å². The van der Waals surface area contributed by atoms with Crippen LogP contribution in [0.1, 0.15) is 41.6 Å². The van der Waals surface area contributed by atoms with Crippen molar-refractivity contribution in [1.29, 1.82) is 0 Å². The van der Waals surface area contributed by atoms with Gasteiger partial charge >= 0.3 is 0 Å². The van der Waals surface area contributed by atoms with E-state index in [0.29, 0.717) is 12.0 Å². The van der Waals surface area contributed by atoms with Crippen LogP contribution in [0.5, 0.6) is 0 Å². The van der Waals surface area contributed by atoms with Crippen LogP contribution in [-0.4, -0.2) is 34.6 Å². The van der Waals surface area contributed by atoms with Gasteiger partial charge in [0.15, 0.2) is 0 Å². The SMILES string of the molecule is C[C@H](c1ccc(C=O)cc1)[C@H]1CC[C@]2(O)CN12. The number of hydrogen-bond donors (Lipinski definition) is 1. The lowest BCUT2D eigenvalue weighted by Gasteiger charge is -2.22. The van der Waals surface area contributed by atoms with Crippen LogP contribution in [0.15, 0.2) is 24.3 Å². The van der Waals surface area contributed by atoms with Crippen molar-refractivity contribution in [1.82, 2.24) is 4.90 Å². The Bertz CT molecular complexity index is 442. The summed E-state index contributed by atoms with van der Waals surface area (Å²) in [6.07, 6.45) is 2.83. The summed E-state index contributed by atoms with van der Waals surface area (Å²) in [6.45, 7) is 3.03. The second-order valence-corrected chi connectivity index (χ2v) is 5.29. The predicted molar refractivity (Wildman–Crippen MR) is 64.9 cm³/mol. The average Bonchev–Trinajstić information content (AvgIpc) is 2.92. The minimum absolute atomic E-state index is 0.409. The van der Waals surface area contributed by atoms with Gasteiger partial charge in [0, 0.05) is 18.2 Å². The van der Waals surface area contributed by atoms with Gasteiger partial charge in [0.05, 0.1) is 0 Å². The van der Waals surface area contributed by atoms with Crippen molar-refractivity contribution in [2.24, 2.45) is 0 Å². The molecule has 3 nitrogen and oxygen atoms in total. The molecule has 4 atom stereocenters. The van der Waals surface area contributed by atoms with Crippen molar-refractivity contribution in [2.75, 3.05) is 6.54 Å². The first kappa shape index (κ1) is 10.9.